The van der Waals surface area contributed by atoms with Crippen molar-refractivity contribution >= 4 is 5.91 Å². The average molecular weight is 335 g/mol. The van der Waals surface area contributed by atoms with E-state index in [9.17, 15) is 4.79 Å². The third-order valence-corrected chi connectivity index (χ3v) is 4.90. The van der Waals surface area contributed by atoms with E-state index in [1.54, 1.807) is 18.6 Å². The first-order chi connectivity index (χ1) is 12.2. The Morgan fingerprint density at radius 2 is 2.20 bits per heavy atom. The van der Waals surface area contributed by atoms with Crippen LogP contribution in [0.4, 0.5) is 0 Å². The number of rotatable bonds is 4. The quantitative estimate of drug-likeness (QED) is 0.731. The second kappa shape index (κ2) is 6.59. The SMILES string of the molecule is CN(C(=O)c1ccc(Cn2ccnc2)o1)C1CCCc2ccccc21. The molecule has 3 aromatic rings. The van der Waals surface area contributed by atoms with Crippen molar-refractivity contribution in [3.8, 4) is 0 Å². The molecule has 0 saturated heterocycles. The van der Waals surface area contributed by atoms with Crippen LogP contribution in [0.1, 0.15) is 46.3 Å². The lowest BCUT2D eigenvalue weighted by molar-refractivity contribution is 0.0680. The van der Waals surface area contributed by atoms with Gasteiger partial charge in [0.2, 0.25) is 0 Å². The summed E-state index contributed by atoms with van der Waals surface area (Å²) in [5.41, 5.74) is 2.61. The lowest BCUT2D eigenvalue weighted by Crippen LogP contribution is -2.33. The van der Waals surface area contributed by atoms with Gasteiger partial charge in [-0.3, -0.25) is 4.79 Å². The number of fused-ring (bicyclic) bond motifs is 1. The third-order valence-electron chi connectivity index (χ3n) is 4.90. The Balaban J connectivity index is 1.52. The Kier molecular flexibility index (Phi) is 4.14. The molecular weight excluding hydrogens is 314 g/mol. The van der Waals surface area contributed by atoms with E-state index in [2.05, 4.69) is 23.2 Å². The maximum atomic E-state index is 12.9. The van der Waals surface area contributed by atoms with Crippen LogP contribution in [0.3, 0.4) is 0 Å². The van der Waals surface area contributed by atoms with Crippen molar-refractivity contribution in [2.75, 3.05) is 7.05 Å². The molecule has 0 spiro atoms. The highest BCUT2D eigenvalue weighted by Crippen LogP contribution is 2.34. The second-order valence-electron chi connectivity index (χ2n) is 6.52. The summed E-state index contributed by atoms with van der Waals surface area (Å²) in [7, 11) is 1.87. The number of carbonyl (C=O) groups excluding carboxylic acids is 1. The third kappa shape index (κ3) is 3.09. The number of aromatic nitrogens is 2. The number of amides is 1. The minimum atomic E-state index is -0.0708. The van der Waals surface area contributed by atoms with Gasteiger partial charge in [-0.1, -0.05) is 24.3 Å². The van der Waals surface area contributed by atoms with Crippen LogP contribution in [-0.4, -0.2) is 27.4 Å². The van der Waals surface area contributed by atoms with Gasteiger partial charge >= 0.3 is 0 Å². The van der Waals surface area contributed by atoms with Gasteiger partial charge in [0.05, 0.1) is 18.9 Å². The smallest absolute Gasteiger partial charge is 0.289 e. The Bertz CT molecular complexity index is 867. The van der Waals surface area contributed by atoms with E-state index in [-0.39, 0.29) is 11.9 Å². The molecule has 2 heterocycles. The van der Waals surface area contributed by atoms with Crippen LogP contribution in [0, 0.1) is 0 Å². The highest BCUT2D eigenvalue weighted by Gasteiger charge is 2.28. The first-order valence-electron chi connectivity index (χ1n) is 8.62. The highest BCUT2D eigenvalue weighted by atomic mass is 16.4. The normalized spacial score (nSPS) is 16.4. The van der Waals surface area contributed by atoms with Gasteiger partial charge < -0.3 is 13.9 Å². The Labute approximate surface area is 146 Å². The molecule has 2 aromatic heterocycles. The maximum Gasteiger partial charge on any atom is 0.289 e. The van der Waals surface area contributed by atoms with Gasteiger partial charge in [0.15, 0.2) is 5.76 Å². The molecule has 25 heavy (non-hydrogen) atoms. The van der Waals surface area contributed by atoms with E-state index in [4.69, 9.17) is 4.42 Å². The zero-order valence-electron chi connectivity index (χ0n) is 14.3. The van der Waals surface area contributed by atoms with Gasteiger partial charge in [-0.25, -0.2) is 4.98 Å². The van der Waals surface area contributed by atoms with E-state index in [0.717, 1.165) is 25.0 Å². The largest absolute Gasteiger partial charge is 0.454 e. The van der Waals surface area contributed by atoms with Gasteiger partial charge in [0, 0.05) is 19.4 Å². The predicted molar refractivity (Wildman–Crippen MR) is 94.3 cm³/mol. The number of nitrogens with zero attached hydrogens (tertiary/aromatic N) is 3. The minimum absolute atomic E-state index is 0.0708. The van der Waals surface area contributed by atoms with Crippen LogP contribution < -0.4 is 0 Å². The minimum Gasteiger partial charge on any atom is -0.454 e. The number of aryl methyl sites for hydroxylation is 1. The zero-order valence-corrected chi connectivity index (χ0v) is 14.3. The monoisotopic (exact) mass is 335 g/mol. The van der Waals surface area contributed by atoms with Crippen LogP contribution in [0.2, 0.25) is 0 Å². The number of hydrogen-bond donors (Lipinski definition) is 0. The molecule has 0 fully saturated rings. The zero-order chi connectivity index (χ0) is 17.2. The van der Waals surface area contributed by atoms with E-state index >= 15 is 0 Å². The Morgan fingerprint density at radius 1 is 1.32 bits per heavy atom. The fourth-order valence-electron chi connectivity index (χ4n) is 3.58. The molecule has 5 heteroatoms. The molecule has 1 unspecified atom stereocenters. The summed E-state index contributed by atoms with van der Waals surface area (Å²) < 4.78 is 7.69. The molecule has 1 aromatic carbocycles. The summed E-state index contributed by atoms with van der Waals surface area (Å²) in [6.45, 7) is 0.573. The van der Waals surface area contributed by atoms with Crippen LogP contribution in [0.25, 0.3) is 0 Å². The number of hydrogen-bond acceptors (Lipinski definition) is 3. The molecule has 4 rings (SSSR count). The molecule has 0 saturated carbocycles. The number of carbonyl (C=O) groups is 1. The van der Waals surface area contributed by atoms with E-state index in [1.165, 1.54) is 11.1 Å². The Morgan fingerprint density at radius 3 is 3.04 bits per heavy atom. The molecule has 5 nitrogen and oxygen atoms in total. The number of benzene rings is 1. The van der Waals surface area contributed by atoms with Crippen LogP contribution >= 0.6 is 0 Å². The molecule has 0 radical (unpaired) electrons. The summed E-state index contributed by atoms with van der Waals surface area (Å²) in [4.78, 5) is 18.7. The first kappa shape index (κ1) is 15.7. The van der Waals surface area contributed by atoms with Crippen molar-refractivity contribution in [1.82, 2.24) is 14.5 Å². The van der Waals surface area contributed by atoms with Gasteiger partial charge in [0.1, 0.15) is 5.76 Å². The van der Waals surface area contributed by atoms with Crippen LogP contribution in [-0.2, 0) is 13.0 Å². The van der Waals surface area contributed by atoms with E-state index in [0.29, 0.717) is 12.3 Å². The topological polar surface area (TPSA) is 51.3 Å². The van der Waals surface area contributed by atoms with E-state index in [1.807, 2.05) is 34.8 Å². The molecular formula is C20H21N3O2. The van der Waals surface area contributed by atoms with Crippen LogP contribution in [0.15, 0.2) is 59.5 Å². The fraction of sp³-hybridized carbons (Fsp3) is 0.300. The van der Waals surface area contributed by atoms with Gasteiger partial charge in [-0.2, -0.15) is 0 Å². The fourth-order valence-corrected chi connectivity index (χ4v) is 3.58. The molecule has 1 amide bonds. The average Bonchev–Trinajstić information content (AvgIpc) is 3.32. The number of furan rings is 1. The van der Waals surface area contributed by atoms with Crippen molar-refractivity contribution in [1.29, 1.82) is 0 Å². The van der Waals surface area contributed by atoms with Gasteiger partial charge in [0.25, 0.3) is 5.91 Å². The molecule has 128 valence electrons. The summed E-state index contributed by atoms with van der Waals surface area (Å²) in [5, 5.41) is 0. The van der Waals surface area contributed by atoms with E-state index < -0.39 is 0 Å². The van der Waals surface area contributed by atoms with Crippen molar-refractivity contribution in [2.45, 2.75) is 31.8 Å². The molecule has 0 aliphatic heterocycles. The van der Waals surface area contributed by atoms with Crippen molar-refractivity contribution in [3.63, 3.8) is 0 Å². The highest BCUT2D eigenvalue weighted by molar-refractivity contribution is 5.91. The van der Waals surface area contributed by atoms with Crippen molar-refractivity contribution < 1.29 is 9.21 Å². The molecule has 1 aliphatic rings. The van der Waals surface area contributed by atoms with Crippen molar-refractivity contribution in [2.24, 2.45) is 0 Å². The lowest BCUT2D eigenvalue weighted by Gasteiger charge is -2.32. The summed E-state index contributed by atoms with van der Waals surface area (Å²) in [5.74, 6) is 1.07. The second-order valence-corrected chi connectivity index (χ2v) is 6.52. The number of imidazole rings is 1. The molecule has 1 aliphatic carbocycles. The lowest BCUT2D eigenvalue weighted by atomic mass is 9.87. The maximum absolute atomic E-state index is 12.9. The standard InChI is InChI=1S/C20H21N3O2/c1-22(18-8-4-6-15-5-2-3-7-17(15)18)20(24)19-10-9-16(25-19)13-23-12-11-21-14-23/h2-3,5,7,9-12,14,18H,4,6,8,13H2,1H3. The van der Waals surface area contributed by atoms with Crippen LogP contribution in [0.5, 0.6) is 0 Å². The van der Waals surface area contributed by atoms with Gasteiger partial charge in [-0.15, -0.1) is 0 Å². The molecule has 0 bridgehead atoms. The summed E-state index contributed by atoms with van der Waals surface area (Å²) in [6, 6.07) is 12.1. The molecule has 1 atom stereocenters. The predicted octanol–water partition coefficient (Wildman–Crippen LogP) is 3.67. The molecule has 0 N–H and O–H groups in total. The van der Waals surface area contributed by atoms with Gasteiger partial charge in [-0.05, 0) is 42.5 Å². The van der Waals surface area contributed by atoms with Crippen molar-refractivity contribution in [3.05, 3.63) is 77.8 Å². The first-order valence-corrected chi connectivity index (χ1v) is 8.62. The summed E-state index contributed by atoms with van der Waals surface area (Å²) in [6.07, 6.45) is 8.50. The summed E-state index contributed by atoms with van der Waals surface area (Å²) >= 11 is 0. The Hall–Kier alpha value is -2.82.